The van der Waals surface area contributed by atoms with Gasteiger partial charge < -0.3 is 9.80 Å². The molecule has 9 heteroatoms. The number of hydrogen-bond donors (Lipinski definition) is 0. The fraction of sp³-hybridized carbons (Fsp3) is 0.706. The molecule has 1 amide bonds. The van der Waals surface area contributed by atoms with Crippen LogP contribution in [0.4, 0.5) is 5.95 Å². The predicted molar refractivity (Wildman–Crippen MR) is 99.7 cm³/mol. The van der Waals surface area contributed by atoms with Crippen LogP contribution >= 0.6 is 0 Å². The van der Waals surface area contributed by atoms with Crippen molar-refractivity contribution in [2.75, 3.05) is 55.7 Å². The maximum Gasteiger partial charge on any atom is 0.225 e. The largest absolute Gasteiger partial charge is 0.339 e. The molecule has 3 heterocycles. The molecule has 1 aromatic rings. The molecule has 2 aliphatic heterocycles. The summed E-state index contributed by atoms with van der Waals surface area (Å²) < 4.78 is 23.4. The van der Waals surface area contributed by atoms with Crippen molar-refractivity contribution in [3.05, 3.63) is 18.5 Å². The summed E-state index contributed by atoms with van der Waals surface area (Å²) in [6.07, 6.45) is 4.50. The standard InChI is InChI=1S/C17H27N5O3S/c1-2-22(15-5-13-26(24,25)14-15)16(23)4-8-20-9-11-21(12-10-20)17-18-6-3-7-19-17/h3,6-7,15H,2,4-5,8-14H2,1H3. The Morgan fingerprint density at radius 3 is 2.50 bits per heavy atom. The molecule has 1 unspecified atom stereocenters. The molecule has 1 atom stereocenters. The number of anilines is 1. The maximum absolute atomic E-state index is 12.6. The third kappa shape index (κ3) is 4.70. The highest BCUT2D eigenvalue weighted by atomic mass is 32.2. The number of nitrogens with zero attached hydrogens (tertiary/aromatic N) is 5. The van der Waals surface area contributed by atoms with Gasteiger partial charge in [0.1, 0.15) is 0 Å². The van der Waals surface area contributed by atoms with Gasteiger partial charge in [-0.2, -0.15) is 0 Å². The summed E-state index contributed by atoms with van der Waals surface area (Å²) in [7, 11) is -2.97. The number of hydrogen-bond acceptors (Lipinski definition) is 7. The molecular weight excluding hydrogens is 354 g/mol. The lowest BCUT2D eigenvalue weighted by Crippen LogP contribution is -2.48. The molecular formula is C17H27N5O3S. The van der Waals surface area contributed by atoms with Crippen molar-refractivity contribution in [2.45, 2.75) is 25.8 Å². The summed E-state index contributed by atoms with van der Waals surface area (Å²) in [4.78, 5) is 27.3. The molecule has 0 spiro atoms. The van der Waals surface area contributed by atoms with E-state index in [0.717, 1.165) is 32.1 Å². The summed E-state index contributed by atoms with van der Waals surface area (Å²) in [6.45, 7) is 6.62. The van der Waals surface area contributed by atoms with Crippen molar-refractivity contribution in [3.8, 4) is 0 Å². The van der Waals surface area contributed by atoms with Crippen LogP contribution in [-0.2, 0) is 14.6 Å². The van der Waals surface area contributed by atoms with Crippen LogP contribution in [0.3, 0.4) is 0 Å². The summed E-state index contributed by atoms with van der Waals surface area (Å²) >= 11 is 0. The second-order valence-electron chi connectivity index (χ2n) is 6.86. The molecule has 0 bridgehead atoms. The van der Waals surface area contributed by atoms with Crippen molar-refractivity contribution >= 4 is 21.7 Å². The Morgan fingerprint density at radius 2 is 1.92 bits per heavy atom. The SMILES string of the molecule is CCN(C(=O)CCN1CCN(c2ncccn2)CC1)C1CCS(=O)(=O)C1. The van der Waals surface area contributed by atoms with Gasteiger partial charge in [-0.15, -0.1) is 0 Å². The van der Waals surface area contributed by atoms with E-state index in [2.05, 4.69) is 19.8 Å². The third-order valence-electron chi connectivity index (χ3n) is 5.16. The molecule has 3 rings (SSSR count). The molecule has 2 saturated heterocycles. The van der Waals surface area contributed by atoms with Crippen LogP contribution in [0, 0.1) is 0 Å². The normalized spacial score (nSPS) is 23.1. The van der Waals surface area contributed by atoms with Gasteiger partial charge in [0.15, 0.2) is 9.84 Å². The van der Waals surface area contributed by atoms with Crippen molar-refractivity contribution in [2.24, 2.45) is 0 Å². The topological polar surface area (TPSA) is 86.7 Å². The molecule has 0 saturated carbocycles. The van der Waals surface area contributed by atoms with Gasteiger partial charge in [-0.05, 0) is 19.4 Å². The van der Waals surface area contributed by atoms with Crippen molar-refractivity contribution in [1.29, 1.82) is 0 Å². The van der Waals surface area contributed by atoms with Gasteiger partial charge in [-0.1, -0.05) is 0 Å². The highest BCUT2D eigenvalue weighted by molar-refractivity contribution is 7.91. The second kappa shape index (κ2) is 8.30. The molecule has 0 radical (unpaired) electrons. The lowest BCUT2D eigenvalue weighted by Gasteiger charge is -2.35. The van der Waals surface area contributed by atoms with E-state index in [0.29, 0.717) is 25.9 Å². The first-order chi connectivity index (χ1) is 12.5. The zero-order valence-corrected chi connectivity index (χ0v) is 16.1. The van der Waals surface area contributed by atoms with Gasteiger partial charge in [0.25, 0.3) is 0 Å². The Kier molecular flexibility index (Phi) is 6.08. The average Bonchev–Trinajstić information content (AvgIpc) is 3.01. The quantitative estimate of drug-likeness (QED) is 0.687. The van der Waals surface area contributed by atoms with E-state index in [-0.39, 0.29) is 23.5 Å². The van der Waals surface area contributed by atoms with Gasteiger partial charge >= 0.3 is 0 Å². The number of rotatable bonds is 6. The molecule has 26 heavy (non-hydrogen) atoms. The smallest absolute Gasteiger partial charge is 0.225 e. The van der Waals surface area contributed by atoms with Crippen molar-refractivity contribution < 1.29 is 13.2 Å². The van der Waals surface area contributed by atoms with E-state index in [1.807, 2.05) is 6.92 Å². The predicted octanol–water partition coefficient (Wildman–Crippen LogP) is 0.0243. The minimum absolute atomic E-state index is 0.0587. The molecule has 144 valence electrons. The Labute approximate surface area is 155 Å². The summed E-state index contributed by atoms with van der Waals surface area (Å²) in [6, 6.07) is 1.66. The van der Waals surface area contributed by atoms with E-state index < -0.39 is 9.84 Å². The highest BCUT2D eigenvalue weighted by Crippen LogP contribution is 2.18. The van der Waals surface area contributed by atoms with E-state index in [9.17, 15) is 13.2 Å². The lowest BCUT2D eigenvalue weighted by atomic mass is 10.2. The molecule has 0 N–H and O–H groups in total. The number of carbonyl (C=O) groups excluding carboxylic acids is 1. The van der Waals surface area contributed by atoms with E-state index in [1.165, 1.54) is 0 Å². The van der Waals surface area contributed by atoms with Crippen molar-refractivity contribution in [3.63, 3.8) is 0 Å². The molecule has 8 nitrogen and oxygen atoms in total. The first-order valence-electron chi connectivity index (χ1n) is 9.23. The molecule has 0 aliphatic carbocycles. The van der Waals surface area contributed by atoms with Crippen LogP contribution in [0.15, 0.2) is 18.5 Å². The van der Waals surface area contributed by atoms with E-state index in [1.54, 1.807) is 23.4 Å². The van der Waals surface area contributed by atoms with Crippen LogP contribution in [0.5, 0.6) is 0 Å². The van der Waals surface area contributed by atoms with Crippen LogP contribution in [0.25, 0.3) is 0 Å². The van der Waals surface area contributed by atoms with Gasteiger partial charge in [0, 0.05) is 64.1 Å². The van der Waals surface area contributed by atoms with Gasteiger partial charge in [-0.25, -0.2) is 18.4 Å². The van der Waals surface area contributed by atoms with Gasteiger partial charge in [0.05, 0.1) is 11.5 Å². The third-order valence-corrected chi connectivity index (χ3v) is 6.91. The summed E-state index contributed by atoms with van der Waals surface area (Å²) in [5, 5.41) is 0. The summed E-state index contributed by atoms with van der Waals surface area (Å²) in [5.41, 5.74) is 0. The number of amides is 1. The Bertz CT molecular complexity index is 704. The van der Waals surface area contributed by atoms with Crippen LogP contribution < -0.4 is 4.90 Å². The number of aromatic nitrogens is 2. The number of sulfone groups is 1. The summed E-state index contributed by atoms with van der Waals surface area (Å²) in [5.74, 6) is 1.12. The minimum atomic E-state index is -2.97. The first-order valence-corrected chi connectivity index (χ1v) is 11.0. The minimum Gasteiger partial charge on any atom is -0.339 e. The lowest BCUT2D eigenvalue weighted by molar-refractivity contribution is -0.133. The maximum atomic E-state index is 12.6. The fourth-order valence-corrected chi connectivity index (χ4v) is 5.41. The molecule has 0 aromatic carbocycles. The van der Waals surface area contributed by atoms with Gasteiger partial charge in [0.2, 0.25) is 11.9 Å². The van der Waals surface area contributed by atoms with Crippen molar-refractivity contribution in [1.82, 2.24) is 19.8 Å². The Balaban J connectivity index is 1.45. The van der Waals surface area contributed by atoms with Crippen LogP contribution in [0.1, 0.15) is 19.8 Å². The number of piperazine rings is 1. The first kappa shape index (κ1) is 19.0. The molecule has 2 aliphatic rings. The highest BCUT2D eigenvalue weighted by Gasteiger charge is 2.33. The fourth-order valence-electron chi connectivity index (χ4n) is 3.68. The van der Waals surface area contributed by atoms with Crippen LogP contribution in [0.2, 0.25) is 0 Å². The molecule has 1 aromatic heterocycles. The molecule has 2 fully saturated rings. The van der Waals surface area contributed by atoms with E-state index >= 15 is 0 Å². The zero-order chi connectivity index (χ0) is 18.6. The monoisotopic (exact) mass is 381 g/mol. The second-order valence-corrected chi connectivity index (χ2v) is 9.09. The van der Waals surface area contributed by atoms with E-state index in [4.69, 9.17) is 0 Å². The average molecular weight is 382 g/mol. The van der Waals surface area contributed by atoms with Gasteiger partial charge in [-0.3, -0.25) is 9.69 Å². The van der Waals surface area contributed by atoms with Crippen LogP contribution in [-0.4, -0.2) is 90.9 Å². The Morgan fingerprint density at radius 1 is 1.23 bits per heavy atom. The number of carbonyl (C=O) groups is 1. The Hall–Kier alpha value is -1.74. The zero-order valence-electron chi connectivity index (χ0n) is 15.2.